The summed E-state index contributed by atoms with van der Waals surface area (Å²) in [5.41, 5.74) is 6.16. The lowest BCUT2D eigenvalue weighted by Gasteiger charge is -2.37. The van der Waals surface area contributed by atoms with Crippen molar-refractivity contribution in [3.8, 4) is 11.5 Å². The average molecular weight is 311 g/mol. The molecular formula is C15H25NO4Si. The van der Waals surface area contributed by atoms with E-state index in [1.54, 1.807) is 25.3 Å². The zero-order chi connectivity index (χ0) is 16.4. The minimum absolute atomic E-state index is 0.0307. The lowest BCUT2D eigenvalue weighted by Crippen LogP contribution is -2.44. The van der Waals surface area contributed by atoms with Crippen LogP contribution in [0.4, 0.5) is 0 Å². The Kier molecular flexibility index (Phi) is 5.06. The van der Waals surface area contributed by atoms with Gasteiger partial charge in [0.1, 0.15) is 11.8 Å². The molecule has 1 aromatic carbocycles. The molecule has 118 valence electrons. The van der Waals surface area contributed by atoms with E-state index >= 15 is 0 Å². The third-order valence-corrected chi connectivity index (χ3v) is 8.33. The molecular weight excluding hydrogens is 286 g/mol. The van der Waals surface area contributed by atoms with Gasteiger partial charge in [0.05, 0.1) is 7.11 Å². The molecule has 0 saturated heterocycles. The molecule has 0 saturated carbocycles. The highest BCUT2D eigenvalue weighted by Crippen LogP contribution is 2.40. The Hall–Kier alpha value is -1.53. The van der Waals surface area contributed by atoms with Crippen LogP contribution in [-0.4, -0.2) is 26.5 Å². The van der Waals surface area contributed by atoms with Crippen molar-refractivity contribution in [1.29, 1.82) is 0 Å². The van der Waals surface area contributed by atoms with Gasteiger partial charge in [-0.15, -0.1) is 0 Å². The minimum Gasteiger partial charge on any atom is -0.541 e. The van der Waals surface area contributed by atoms with Crippen LogP contribution in [0.3, 0.4) is 0 Å². The van der Waals surface area contributed by atoms with Crippen molar-refractivity contribution >= 4 is 14.3 Å². The molecule has 1 rings (SSSR count). The predicted octanol–water partition coefficient (Wildman–Crippen LogP) is 3.16. The first-order chi connectivity index (χ1) is 9.49. The topological polar surface area (TPSA) is 81.8 Å². The van der Waals surface area contributed by atoms with Crippen molar-refractivity contribution in [2.75, 3.05) is 7.11 Å². The maximum absolute atomic E-state index is 11.0. The van der Waals surface area contributed by atoms with Crippen LogP contribution in [0.1, 0.15) is 32.4 Å². The molecule has 1 aromatic rings. The first kappa shape index (κ1) is 17.5. The monoisotopic (exact) mass is 311 g/mol. The number of ether oxygens (including phenoxy) is 1. The number of carboxylic acids is 1. The fraction of sp³-hybridized carbons (Fsp3) is 0.533. The summed E-state index contributed by atoms with van der Waals surface area (Å²) in [6.07, 6.45) is 0. The molecule has 0 unspecified atom stereocenters. The van der Waals surface area contributed by atoms with E-state index in [4.69, 9.17) is 20.0 Å². The molecule has 1 atom stereocenters. The van der Waals surface area contributed by atoms with Crippen molar-refractivity contribution in [3.63, 3.8) is 0 Å². The van der Waals surface area contributed by atoms with Crippen molar-refractivity contribution in [2.45, 2.75) is 44.9 Å². The van der Waals surface area contributed by atoms with Gasteiger partial charge in [0, 0.05) is 0 Å². The van der Waals surface area contributed by atoms with Crippen molar-refractivity contribution < 1.29 is 19.1 Å². The van der Waals surface area contributed by atoms with Crippen LogP contribution in [0, 0.1) is 0 Å². The Morgan fingerprint density at radius 1 is 1.29 bits per heavy atom. The van der Waals surface area contributed by atoms with Crippen LogP contribution >= 0.6 is 0 Å². The summed E-state index contributed by atoms with van der Waals surface area (Å²) in [5, 5.41) is 9.06. The number of hydrogen-bond acceptors (Lipinski definition) is 4. The van der Waals surface area contributed by atoms with Gasteiger partial charge < -0.3 is 20.0 Å². The number of hydrogen-bond donors (Lipinski definition) is 2. The van der Waals surface area contributed by atoms with E-state index in [0.717, 1.165) is 0 Å². The summed E-state index contributed by atoms with van der Waals surface area (Å²) in [5.74, 6) is 0.0675. The second-order valence-corrected chi connectivity index (χ2v) is 11.3. The van der Waals surface area contributed by atoms with Gasteiger partial charge in [0.15, 0.2) is 5.75 Å². The maximum Gasteiger partial charge on any atom is 0.325 e. The number of methoxy groups -OCH3 is 1. The highest BCUT2D eigenvalue weighted by atomic mass is 28.4. The molecule has 0 aliphatic heterocycles. The molecule has 5 nitrogen and oxygen atoms in total. The Morgan fingerprint density at radius 3 is 2.29 bits per heavy atom. The third-order valence-electron chi connectivity index (χ3n) is 3.98. The van der Waals surface area contributed by atoms with Crippen LogP contribution in [0.15, 0.2) is 18.2 Å². The quantitative estimate of drug-likeness (QED) is 0.816. The van der Waals surface area contributed by atoms with Gasteiger partial charge in [0.2, 0.25) is 0 Å². The third kappa shape index (κ3) is 3.98. The summed E-state index contributed by atoms with van der Waals surface area (Å²) in [6.45, 7) is 10.7. The van der Waals surface area contributed by atoms with Crippen molar-refractivity contribution in [1.82, 2.24) is 0 Å². The second-order valence-electron chi connectivity index (χ2n) is 6.59. The Bertz CT molecular complexity index is 523. The molecule has 3 N–H and O–H groups in total. The fourth-order valence-electron chi connectivity index (χ4n) is 1.54. The first-order valence-electron chi connectivity index (χ1n) is 6.85. The normalized spacial score (nSPS) is 13.7. The molecule has 0 aromatic heterocycles. The Balaban J connectivity index is 3.21. The lowest BCUT2D eigenvalue weighted by molar-refractivity contribution is -0.138. The Morgan fingerprint density at radius 2 is 1.86 bits per heavy atom. The smallest absolute Gasteiger partial charge is 0.325 e. The number of rotatable bonds is 5. The van der Waals surface area contributed by atoms with Crippen molar-refractivity contribution in [3.05, 3.63) is 23.8 Å². The zero-order valence-electron chi connectivity index (χ0n) is 13.6. The van der Waals surface area contributed by atoms with E-state index in [9.17, 15) is 4.79 Å². The van der Waals surface area contributed by atoms with E-state index in [1.807, 2.05) is 0 Å². The van der Waals surface area contributed by atoms with Gasteiger partial charge in [-0.2, -0.15) is 0 Å². The molecule has 0 radical (unpaired) electrons. The Labute approximate surface area is 127 Å². The van der Waals surface area contributed by atoms with Crippen LogP contribution in [-0.2, 0) is 4.79 Å². The molecule has 0 amide bonds. The van der Waals surface area contributed by atoms with Crippen LogP contribution in [0.25, 0.3) is 0 Å². The SMILES string of the molecule is COc1ccc([C@@H](N)C(=O)O)cc1O[Si](C)(C)C(C)(C)C. The predicted molar refractivity (Wildman–Crippen MR) is 85.4 cm³/mol. The highest BCUT2D eigenvalue weighted by molar-refractivity contribution is 6.74. The molecule has 0 bridgehead atoms. The van der Waals surface area contributed by atoms with Gasteiger partial charge >= 0.3 is 5.97 Å². The van der Waals surface area contributed by atoms with E-state index in [-0.39, 0.29) is 5.04 Å². The molecule has 0 aliphatic carbocycles. The van der Waals surface area contributed by atoms with E-state index < -0.39 is 20.3 Å². The molecule has 0 aliphatic rings. The maximum atomic E-state index is 11.0. The molecule has 0 spiro atoms. The van der Waals surface area contributed by atoms with Gasteiger partial charge in [-0.3, -0.25) is 4.79 Å². The van der Waals surface area contributed by atoms with Gasteiger partial charge in [-0.05, 0) is 35.8 Å². The van der Waals surface area contributed by atoms with Gasteiger partial charge in [-0.1, -0.05) is 26.8 Å². The number of nitrogens with two attached hydrogens (primary N) is 1. The summed E-state index contributed by atoms with van der Waals surface area (Å²) in [4.78, 5) is 11.0. The molecule has 6 heteroatoms. The largest absolute Gasteiger partial charge is 0.541 e. The lowest BCUT2D eigenvalue weighted by atomic mass is 10.1. The zero-order valence-corrected chi connectivity index (χ0v) is 14.6. The molecule has 0 fully saturated rings. The summed E-state index contributed by atoms with van der Waals surface area (Å²) >= 11 is 0. The van der Waals surface area contributed by atoms with Crippen LogP contribution < -0.4 is 14.9 Å². The molecule has 21 heavy (non-hydrogen) atoms. The van der Waals surface area contributed by atoms with Gasteiger partial charge in [0.25, 0.3) is 8.32 Å². The number of carboxylic acid groups (broad SMARTS) is 1. The highest BCUT2D eigenvalue weighted by Gasteiger charge is 2.39. The average Bonchev–Trinajstić information content (AvgIpc) is 2.35. The minimum atomic E-state index is -2.05. The fourth-order valence-corrected chi connectivity index (χ4v) is 2.55. The first-order valence-corrected chi connectivity index (χ1v) is 9.76. The van der Waals surface area contributed by atoms with Gasteiger partial charge in [-0.25, -0.2) is 0 Å². The van der Waals surface area contributed by atoms with E-state index in [0.29, 0.717) is 17.1 Å². The standard InChI is InChI=1S/C15H25NO4Si/c1-15(2,3)21(5,6)20-12-9-10(13(16)14(17)18)7-8-11(12)19-4/h7-9,13H,16H2,1-6H3,(H,17,18)/t13-/m1/s1. The summed E-state index contributed by atoms with van der Waals surface area (Å²) < 4.78 is 11.5. The van der Waals surface area contributed by atoms with Crippen LogP contribution in [0.5, 0.6) is 11.5 Å². The van der Waals surface area contributed by atoms with Crippen LogP contribution in [0.2, 0.25) is 18.1 Å². The van der Waals surface area contributed by atoms with Crippen molar-refractivity contribution in [2.24, 2.45) is 5.73 Å². The van der Waals surface area contributed by atoms with E-state index in [2.05, 4.69) is 33.9 Å². The summed E-state index contributed by atoms with van der Waals surface area (Å²) in [7, 11) is -0.486. The number of benzene rings is 1. The molecule has 0 heterocycles. The second kappa shape index (κ2) is 6.07. The number of aliphatic carboxylic acids is 1. The number of carbonyl (C=O) groups is 1. The van der Waals surface area contributed by atoms with E-state index in [1.165, 1.54) is 0 Å². The summed E-state index contributed by atoms with van der Waals surface area (Å²) in [6, 6.07) is 3.94.